The zero-order valence-electron chi connectivity index (χ0n) is 15.3. The van der Waals surface area contributed by atoms with Crippen molar-refractivity contribution in [1.82, 2.24) is 24.3 Å². The van der Waals surface area contributed by atoms with Gasteiger partial charge in [0.05, 0.1) is 24.2 Å². The molecule has 8 nitrogen and oxygen atoms in total. The number of anilines is 2. The molecule has 0 saturated carbocycles. The van der Waals surface area contributed by atoms with Crippen LogP contribution in [0.3, 0.4) is 0 Å². The fourth-order valence-electron chi connectivity index (χ4n) is 2.90. The Morgan fingerprint density at radius 1 is 1.12 bits per heavy atom. The highest BCUT2D eigenvalue weighted by atomic mass is 16.3. The molecule has 3 heterocycles. The molecular formula is C18H25N7O. The number of imidazole rings is 1. The molecule has 0 aliphatic heterocycles. The van der Waals surface area contributed by atoms with Crippen molar-refractivity contribution in [2.45, 2.75) is 26.7 Å². The monoisotopic (exact) mass is 355 g/mol. The third-order valence-corrected chi connectivity index (χ3v) is 4.01. The van der Waals surface area contributed by atoms with E-state index in [9.17, 15) is 0 Å². The maximum Gasteiger partial charge on any atom is 0.225 e. The fraction of sp³-hybridized carbons (Fsp3) is 0.444. The lowest BCUT2D eigenvalue weighted by atomic mass is 10.3. The van der Waals surface area contributed by atoms with Crippen LogP contribution < -0.4 is 10.2 Å². The maximum absolute atomic E-state index is 9.01. The number of hydrogen-bond acceptors (Lipinski definition) is 7. The van der Waals surface area contributed by atoms with Crippen LogP contribution in [-0.4, -0.2) is 55.7 Å². The molecule has 138 valence electrons. The van der Waals surface area contributed by atoms with Crippen molar-refractivity contribution in [1.29, 1.82) is 0 Å². The second kappa shape index (κ2) is 8.57. The SMILES string of the molecule is CCCN(CCC)c1nccc(-c2cnc3c(NCCO)nccn23)n1. The van der Waals surface area contributed by atoms with E-state index in [0.29, 0.717) is 18.0 Å². The molecule has 3 rings (SSSR count). The Labute approximate surface area is 153 Å². The van der Waals surface area contributed by atoms with Crippen LogP contribution in [0.1, 0.15) is 26.7 Å². The quantitative estimate of drug-likeness (QED) is 0.608. The van der Waals surface area contributed by atoms with Crippen LogP contribution in [0.2, 0.25) is 0 Å². The van der Waals surface area contributed by atoms with E-state index in [1.54, 1.807) is 18.6 Å². The van der Waals surface area contributed by atoms with Crippen molar-refractivity contribution < 1.29 is 5.11 Å². The number of aromatic nitrogens is 5. The summed E-state index contributed by atoms with van der Waals surface area (Å²) in [6.07, 6.45) is 9.25. The van der Waals surface area contributed by atoms with Crippen molar-refractivity contribution in [2.75, 3.05) is 36.5 Å². The van der Waals surface area contributed by atoms with Gasteiger partial charge >= 0.3 is 0 Å². The van der Waals surface area contributed by atoms with Crippen molar-refractivity contribution in [3.05, 3.63) is 30.9 Å². The van der Waals surface area contributed by atoms with E-state index in [1.807, 2.05) is 16.7 Å². The van der Waals surface area contributed by atoms with Crippen LogP contribution in [0.4, 0.5) is 11.8 Å². The van der Waals surface area contributed by atoms with Crippen LogP contribution >= 0.6 is 0 Å². The molecule has 3 aromatic heterocycles. The van der Waals surface area contributed by atoms with E-state index in [0.717, 1.165) is 43.3 Å². The zero-order valence-corrected chi connectivity index (χ0v) is 15.3. The molecule has 26 heavy (non-hydrogen) atoms. The van der Waals surface area contributed by atoms with Gasteiger partial charge in [0.15, 0.2) is 11.5 Å². The number of hydrogen-bond donors (Lipinski definition) is 2. The lowest BCUT2D eigenvalue weighted by molar-refractivity contribution is 0.311. The Balaban J connectivity index is 1.98. The minimum absolute atomic E-state index is 0.0380. The number of nitrogens with zero attached hydrogens (tertiary/aromatic N) is 6. The van der Waals surface area contributed by atoms with Gasteiger partial charge in [-0.2, -0.15) is 0 Å². The van der Waals surface area contributed by atoms with Gasteiger partial charge in [0.1, 0.15) is 0 Å². The number of aliphatic hydroxyl groups excluding tert-OH is 1. The maximum atomic E-state index is 9.01. The summed E-state index contributed by atoms with van der Waals surface area (Å²) in [5, 5.41) is 12.1. The molecule has 2 N–H and O–H groups in total. The predicted octanol–water partition coefficient (Wildman–Crippen LogP) is 2.22. The second-order valence-electron chi connectivity index (χ2n) is 5.99. The first-order valence-corrected chi connectivity index (χ1v) is 9.03. The average Bonchev–Trinajstić information content (AvgIpc) is 3.11. The summed E-state index contributed by atoms with van der Waals surface area (Å²) in [6.45, 7) is 6.65. The largest absolute Gasteiger partial charge is 0.395 e. The average molecular weight is 355 g/mol. The first-order chi connectivity index (χ1) is 12.8. The summed E-state index contributed by atoms with van der Waals surface area (Å²) in [7, 11) is 0. The zero-order chi connectivity index (χ0) is 18.4. The molecule has 0 fully saturated rings. The van der Waals surface area contributed by atoms with Gasteiger partial charge in [-0.1, -0.05) is 13.8 Å². The van der Waals surface area contributed by atoms with Crippen LogP contribution in [0.5, 0.6) is 0 Å². The van der Waals surface area contributed by atoms with Gasteiger partial charge in [-0.05, 0) is 18.9 Å². The number of fused-ring (bicyclic) bond motifs is 1. The van der Waals surface area contributed by atoms with E-state index >= 15 is 0 Å². The van der Waals surface area contributed by atoms with E-state index < -0.39 is 0 Å². The third-order valence-electron chi connectivity index (χ3n) is 4.01. The smallest absolute Gasteiger partial charge is 0.225 e. The van der Waals surface area contributed by atoms with Crippen LogP contribution in [-0.2, 0) is 0 Å². The van der Waals surface area contributed by atoms with Gasteiger partial charge in [0, 0.05) is 38.2 Å². The molecule has 0 bridgehead atoms. The lowest BCUT2D eigenvalue weighted by Crippen LogP contribution is -2.26. The molecule has 0 aliphatic carbocycles. The van der Waals surface area contributed by atoms with Crippen molar-refractivity contribution in [3.8, 4) is 11.4 Å². The van der Waals surface area contributed by atoms with Crippen LogP contribution in [0.15, 0.2) is 30.9 Å². The van der Waals surface area contributed by atoms with E-state index in [2.05, 4.69) is 39.0 Å². The minimum atomic E-state index is 0.0380. The molecule has 3 aromatic rings. The standard InChI is InChI=1S/C18H25N7O/c1-3-9-24(10-4-2)18-21-6-5-14(23-18)15-13-22-17-16(20-8-12-26)19-7-11-25(15)17/h5-7,11,13,26H,3-4,8-10,12H2,1-2H3,(H,19,20). The molecule has 0 unspecified atom stereocenters. The molecule has 0 atom stereocenters. The van der Waals surface area contributed by atoms with E-state index in [1.165, 1.54) is 0 Å². The Morgan fingerprint density at radius 2 is 1.92 bits per heavy atom. The number of nitrogens with one attached hydrogen (secondary N) is 1. The van der Waals surface area contributed by atoms with E-state index in [4.69, 9.17) is 10.1 Å². The lowest BCUT2D eigenvalue weighted by Gasteiger charge is -2.21. The van der Waals surface area contributed by atoms with Gasteiger partial charge in [-0.3, -0.25) is 4.40 Å². The normalized spacial score (nSPS) is 11.0. The molecule has 0 aromatic carbocycles. The summed E-state index contributed by atoms with van der Waals surface area (Å²) < 4.78 is 1.95. The summed E-state index contributed by atoms with van der Waals surface area (Å²) in [6, 6.07) is 1.89. The van der Waals surface area contributed by atoms with Crippen LogP contribution in [0.25, 0.3) is 17.0 Å². The number of rotatable bonds is 9. The highest BCUT2D eigenvalue weighted by Gasteiger charge is 2.14. The van der Waals surface area contributed by atoms with E-state index in [-0.39, 0.29) is 6.61 Å². The van der Waals surface area contributed by atoms with Gasteiger partial charge in [-0.15, -0.1) is 0 Å². The van der Waals surface area contributed by atoms with Crippen molar-refractivity contribution >= 4 is 17.4 Å². The summed E-state index contributed by atoms with van der Waals surface area (Å²) in [4.78, 5) is 20.2. The Kier molecular flexibility index (Phi) is 5.96. The fourth-order valence-corrected chi connectivity index (χ4v) is 2.90. The molecule has 0 aliphatic rings. The minimum Gasteiger partial charge on any atom is -0.395 e. The first-order valence-electron chi connectivity index (χ1n) is 9.03. The molecule has 0 spiro atoms. The molecular weight excluding hydrogens is 330 g/mol. The van der Waals surface area contributed by atoms with Crippen molar-refractivity contribution in [3.63, 3.8) is 0 Å². The summed E-state index contributed by atoms with van der Waals surface area (Å²) >= 11 is 0. The van der Waals surface area contributed by atoms with Gasteiger partial charge in [-0.25, -0.2) is 19.9 Å². The van der Waals surface area contributed by atoms with Crippen molar-refractivity contribution in [2.24, 2.45) is 0 Å². The Bertz CT molecular complexity index is 842. The third kappa shape index (κ3) is 3.75. The Hall–Kier alpha value is -2.74. The summed E-state index contributed by atoms with van der Waals surface area (Å²) in [5.74, 6) is 1.38. The summed E-state index contributed by atoms with van der Waals surface area (Å²) in [5.41, 5.74) is 2.40. The first kappa shape index (κ1) is 18.1. The highest BCUT2D eigenvalue weighted by Crippen LogP contribution is 2.23. The van der Waals surface area contributed by atoms with Gasteiger partial charge in [0.2, 0.25) is 5.95 Å². The molecule has 0 saturated heterocycles. The Morgan fingerprint density at radius 3 is 2.65 bits per heavy atom. The predicted molar refractivity (Wildman–Crippen MR) is 102 cm³/mol. The van der Waals surface area contributed by atoms with Gasteiger partial charge in [0.25, 0.3) is 0 Å². The highest BCUT2D eigenvalue weighted by molar-refractivity contribution is 5.69. The second-order valence-corrected chi connectivity index (χ2v) is 5.99. The van der Waals surface area contributed by atoms with Crippen LogP contribution in [0, 0.1) is 0 Å². The molecule has 0 radical (unpaired) electrons. The van der Waals surface area contributed by atoms with Gasteiger partial charge < -0.3 is 15.3 Å². The molecule has 0 amide bonds. The molecule has 8 heteroatoms. The topological polar surface area (TPSA) is 91.5 Å². The number of aliphatic hydroxyl groups is 1.